The maximum absolute atomic E-state index is 8.72. The minimum Gasteiger partial charge on any atom is -0.366 e. The number of hydrogen-bond donors (Lipinski definition) is 1. The van der Waals surface area contributed by atoms with Crippen molar-refractivity contribution in [1.82, 2.24) is 10.2 Å². The monoisotopic (exact) mass is 272 g/mol. The van der Waals surface area contributed by atoms with Gasteiger partial charge in [-0.15, -0.1) is 10.2 Å². The molecule has 1 fully saturated rings. The second-order valence-corrected chi connectivity index (χ2v) is 6.83. The van der Waals surface area contributed by atoms with Crippen molar-refractivity contribution in [3.05, 3.63) is 17.8 Å². The van der Waals surface area contributed by atoms with Crippen molar-refractivity contribution in [2.75, 3.05) is 5.32 Å². The van der Waals surface area contributed by atoms with E-state index >= 15 is 0 Å². The molecule has 0 radical (unpaired) electrons. The Hall–Kier alpha value is -1.63. The minimum absolute atomic E-state index is 0.365. The summed E-state index contributed by atoms with van der Waals surface area (Å²) in [7, 11) is 0. The third-order valence-electron chi connectivity index (χ3n) is 4.32. The summed E-state index contributed by atoms with van der Waals surface area (Å²) in [5, 5.41) is 20.1. The van der Waals surface area contributed by atoms with Crippen LogP contribution in [0.5, 0.6) is 0 Å². The Labute approximate surface area is 121 Å². The SMILES string of the molecule is CC(C)(C)C1CCCC(Nc2ccc(C#N)nn2)CC1. The van der Waals surface area contributed by atoms with Crippen molar-refractivity contribution in [1.29, 1.82) is 5.26 Å². The van der Waals surface area contributed by atoms with Gasteiger partial charge in [0.05, 0.1) is 0 Å². The van der Waals surface area contributed by atoms with Crippen molar-refractivity contribution in [2.24, 2.45) is 11.3 Å². The highest BCUT2D eigenvalue weighted by molar-refractivity contribution is 5.36. The summed E-state index contributed by atoms with van der Waals surface area (Å²) < 4.78 is 0. The lowest BCUT2D eigenvalue weighted by molar-refractivity contribution is 0.214. The first-order valence-electron chi connectivity index (χ1n) is 7.49. The van der Waals surface area contributed by atoms with Crippen LogP contribution >= 0.6 is 0 Å². The summed E-state index contributed by atoms with van der Waals surface area (Å²) in [6.45, 7) is 7.03. The Balaban J connectivity index is 1.92. The lowest BCUT2D eigenvalue weighted by Crippen LogP contribution is -2.22. The van der Waals surface area contributed by atoms with Crippen LogP contribution in [0.1, 0.15) is 58.6 Å². The Morgan fingerprint density at radius 1 is 1.15 bits per heavy atom. The molecule has 1 aromatic rings. The van der Waals surface area contributed by atoms with Crippen molar-refractivity contribution in [2.45, 2.75) is 58.9 Å². The third-order valence-corrected chi connectivity index (χ3v) is 4.32. The van der Waals surface area contributed by atoms with E-state index in [0.29, 0.717) is 17.2 Å². The first-order chi connectivity index (χ1) is 9.49. The van der Waals surface area contributed by atoms with Crippen LogP contribution in [0.2, 0.25) is 0 Å². The molecule has 1 aliphatic carbocycles. The molecule has 1 aliphatic rings. The number of anilines is 1. The van der Waals surface area contributed by atoms with Gasteiger partial charge in [-0.05, 0) is 49.1 Å². The zero-order valence-corrected chi connectivity index (χ0v) is 12.7. The van der Waals surface area contributed by atoms with Crippen LogP contribution < -0.4 is 5.32 Å². The number of nitrogens with zero attached hydrogens (tertiary/aromatic N) is 3. The first kappa shape index (κ1) is 14.8. The van der Waals surface area contributed by atoms with Gasteiger partial charge in [0.25, 0.3) is 0 Å². The normalized spacial score (nSPS) is 23.7. The average molecular weight is 272 g/mol. The molecule has 0 amide bonds. The van der Waals surface area contributed by atoms with Crippen LogP contribution in [0.3, 0.4) is 0 Å². The molecule has 1 saturated carbocycles. The van der Waals surface area contributed by atoms with E-state index in [2.05, 4.69) is 36.3 Å². The molecule has 0 saturated heterocycles. The van der Waals surface area contributed by atoms with E-state index in [4.69, 9.17) is 5.26 Å². The molecule has 1 N–H and O–H groups in total. The summed E-state index contributed by atoms with van der Waals surface area (Å²) in [5.74, 6) is 1.59. The molecule has 4 nitrogen and oxygen atoms in total. The molecule has 2 atom stereocenters. The van der Waals surface area contributed by atoms with Gasteiger partial charge in [-0.2, -0.15) is 5.26 Å². The molecule has 2 rings (SSSR count). The van der Waals surface area contributed by atoms with Crippen LogP contribution in [-0.2, 0) is 0 Å². The van der Waals surface area contributed by atoms with E-state index < -0.39 is 0 Å². The third kappa shape index (κ3) is 3.93. The molecule has 4 heteroatoms. The van der Waals surface area contributed by atoms with Gasteiger partial charge in [0, 0.05) is 6.04 Å². The van der Waals surface area contributed by atoms with E-state index in [1.54, 1.807) is 6.07 Å². The minimum atomic E-state index is 0.365. The van der Waals surface area contributed by atoms with Gasteiger partial charge in [0.1, 0.15) is 11.9 Å². The van der Waals surface area contributed by atoms with Crippen LogP contribution in [0.25, 0.3) is 0 Å². The van der Waals surface area contributed by atoms with Crippen LogP contribution in [-0.4, -0.2) is 16.2 Å². The average Bonchev–Trinajstić information content (AvgIpc) is 2.65. The van der Waals surface area contributed by atoms with Gasteiger partial charge >= 0.3 is 0 Å². The molecule has 0 aromatic carbocycles. The van der Waals surface area contributed by atoms with Gasteiger partial charge in [0.2, 0.25) is 0 Å². The van der Waals surface area contributed by atoms with Crippen LogP contribution in [0.15, 0.2) is 12.1 Å². The van der Waals surface area contributed by atoms with Gasteiger partial charge in [0.15, 0.2) is 5.69 Å². The van der Waals surface area contributed by atoms with Crippen molar-refractivity contribution < 1.29 is 0 Å². The summed E-state index contributed by atoms with van der Waals surface area (Å²) in [6, 6.07) is 6.02. The highest BCUT2D eigenvalue weighted by atomic mass is 15.2. The van der Waals surface area contributed by atoms with Gasteiger partial charge < -0.3 is 5.32 Å². The zero-order chi connectivity index (χ0) is 14.6. The second-order valence-electron chi connectivity index (χ2n) is 6.83. The maximum Gasteiger partial charge on any atom is 0.163 e. The summed E-state index contributed by atoms with van der Waals surface area (Å²) in [6.07, 6.45) is 6.23. The number of hydrogen-bond acceptors (Lipinski definition) is 4. The quantitative estimate of drug-likeness (QED) is 0.833. The predicted octanol–water partition coefficient (Wildman–Crippen LogP) is 3.76. The van der Waals surface area contributed by atoms with Crippen molar-refractivity contribution in [3.8, 4) is 6.07 Å². The Bertz CT molecular complexity index is 467. The zero-order valence-electron chi connectivity index (χ0n) is 12.7. The Kier molecular flexibility index (Phi) is 4.59. The smallest absolute Gasteiger partial charge is 0.163 e. The van der Waals surface area contributed by atoms with E-state index in [-0.39, 0.29) is 0 Å². The summed E-state index contributed by atoms with van der Waals surface area (Å²) >= 11 is 0. The van der Waals surface area contributed by atoms with E-state index in [1.807, 2.05) is 12.1 Å². The Morgan fingerprint density at radius 2 is 1.95 bits per heavy atom. The van der Waals surface area contributed by atoms with E-state index in [0.717, 1.165) is 11.7 Å². The summed E-state index contributed by atoms with van der Waals surface area (Å²) in [4.78, 5) is 0. The molecule has 20 heavy (non-hydrogen) atoms. The van der Waals surface area contributed by atoms with E-state index in [9.17, 15) is 0 Å². The maximum atomic E-state index is 8.72. The molecule has 0 bridgehead atoms. The summed E-state index contributed by atoms with van der Waals surface area (Å²) in [5.41, 5.74) is 0.771. The van der Waals surface area contributed by atoms with Gasteiger partial charge in [-0.3, -0.25) is 0 Å². The lowest BCUT2D eigenvalue weighted by Gasteiger charge is -2.29. The van der Waals surface area contributed by atoms with E-state index in [1.165, 1.54) is 32.1 Å². The Morgan fingerprint density at radius 3 is 2.55 bits per heavy atom. The van der Waals surface area contributed by atoms with Crippen molar-refractivity contribution in [3.63, 3.8) is 0 Å². The van der Waals surface area contributed by atoms with Crippen molar-refractivity contribution >= 4 is 5.82 Å². The highest BCUT2D eigenvalue weighted by Gasteiger charge is 2.27. The molecule has 1 heterocycles. The molecule has 0 aliphatic heterocycles. The molecule has 0 spiro atoms. The van der Waals surface area contributed by atoms with Gasteiger partial charge in [-0.25, -0.2) is 0 Å². The first-order valence-corrected chi connectivity index (χ1v) is 7.49. The number of nitrogens with one attached hydrogen (secondary N) is 1. The lowest BCUT2D eigenvalue weighted by atomic mass is 9.76. The molecular formula is C16H24N4. The molecule has 1 aromatic heterocycles. The predicted molar refractivity (Wildman–Crippen MR) is 80.2 cm³/mol. The molecular weight excluding hydrogens is 248 g/mol. The largest absolute Gasteiger partial charge is 0.366 e. The fraction of sp³-hybridized carbons (Fsp3) is 0.688. The fourth-order valence-electron chi connectivity index (χ4n) is 2.99. The van der Waals surface area contributed by atoms with Crippen LogP contribution in [0, 0.1) is 22.7 Å². The molecule has 2 unspecified atom stereocenters. The topological polar surface area (TPSA) is 61.6 Å². The van der Waals surface area contributed by atoms with Crippen LogP contribution in [0.4, 0.5) is 5.82 Å². The number of rotatable bonds is 2. The number of aromatic nitrogens is 2. The van der Waals surface area contributed by atoms with Gasteiger partial charge in [-0.1, -0.05) is 27.2 Å². The molecule has 108 valence electrons. The standard InChI is InChI=1S/C16H24N4/c1-16(2,3)12-5-4-6-13(8-7-12)18-15-10-9-14(11-17)19-20-15/h9-10,12-13H,4-8H2,1-3H3,(H,18,20). The number of nitriles is 1. The fourth-order valence-corrected chi connectivity index (χ4v) is 2.99. The highest BCUT2D eigenvalue weighted by Crippen LogP contribution is 2.37. The second kappa shape index (κ2) is 6.21.